The Morgan fingerprint density at radius 1 is 1.37 bits per heavy atom. The summed E-state index contributed by atoms with van der Waals surface area (Å²) in [4.78, 5) is 30.7. The van der Waals surface area contributed by atoms with E-state index in [0.29, 0.717) is 12.0 Å². The van der Waals surface area contributed by atoms with Crippen LogP contribution in [-0.4, -0.2) is 37.5 Å². The second kappa shape index (κ2) is 6.89. The van der Waals surface area contributed by atoms with Gasteiger partial charge in [-0.2, -0.15) is 4.98 Å². The quantitative estimate of drug-likeness (QED) is 0.503. The fraction of sp³-hybridized carbons (Fsp3) is 0.353. The summed E-state index contributed by atoms with van der Waals surface area (Å²) in [5.74, 6) is -0.627. The number of H-pyrrole nitrogens is 1. The van der Waals surface area contributed by atoms with Crippen LogP contribution in [0.3, 0.4) is 0 Å². The average molecular weight is 390 g/mol. The molecular weight excluding hydrogens is 372 g/mol. The number of rotatable bonds is 4. The van der Waals surface area contributed by atoms with Gasteiger partial charge in [0.05, 0.1) is 18.8 Å². The van der Waals surface area contributed by atoms with Crippen LogP contribution in [0.5, 0.6) is 0 Å². The average Bonchev–Trinajstić information content (AvgIpc) is 3.22. The number of aliphatic hydroxyl groups is 2. The molecule has 1 aliphatic rings. The maximum atomic E-state index is 12.6. The summed E-state index contributed by atoms with van der Waals surface area (Å²) >= 11 is 0.741. The van der Waals surface area contributed by atoms with Crippen molar-refractivity contribution in [1.29, 1.82) is 0 Å². The number of anilines is 1. The highest BCUT2D eigenvalue weighted by Gasteiger charge is 2.42. The van der Waals surface area contributed by atoms with Crippen LogP contribution in [0.1, 0.15) is 24.3 Å². The molecule has 0 aliphatic carbocycles. The number of nitrogens with one attached hydrogen (secondary N) is 1. The number of thiazole rings is 1. The fourth-order valence-corrected chi connectivity index (χ4v) is 4.34. The number of hydrogen-bond acceptors (Lipinski definition) is 8. The Morgan fingerprint density at radius 3 is 2.81 bits per heavy atom. The Bertz CT molecular complexity index is 1080. The number of aliphatic hydroxyl groups excluding tert-OH is 2. The molecule has 0 spiro atoms. The zero-order chi connectivity index (χ0) is 19.1. The van der Waals surface area contributed by atoms with E-state index in [1.165, 1.54) is 4.57 Å². The molecule has 4 rings (SSSR count). The van der Waals surface area contributed by atoms with Gasteiger partial charge in [-0.25, -0.2) is 0 Å². The summed E-state index contributed by atoms with van der Waals surface area (Å²) in [6, 6.07) is 9.01. The Labute approximate surface area is 156 Å². The molecular formula is C17H18N4O5S. The van der Waals surface area contributed by atoms with Crippen molar-refractivity contribution in [3.8, 4) is 0 Å². The Kier molecular flexibility index (Phi) is 4.56. The fourth-order valence-electron chi connectivity index (χ4n) is 3.50. The summed E-state index contributed by atoms with van der Waals surface area (Å²) in [7, 11) is 0. The topological polar surface area (TPSA) is 143 Å². The maximum Gasteiger partial charge on any atom is 0.311 e. The number of nitrogen functional groups attached to an aromatic ring is 1. The largest absolute Gasteiger partial charge is 0.394 e. The minimum Gasteiger partial charge on any atom is -0.394 e. The van der Waals surface area contributed by atoms with E-state index in [1.54, 1.807) is 24.3 Å². The van der Waals surface area contributed by atoms with E-state index < -0.39 is 34.8 Å². The van der Waals surface area contributed by atoms with Crippen molar-refractivity contribution >= 4 is 27.6 Å². The lowest BCUT2D eigenvalue weighted by Gasteiger charge is -2.24. The van der Waals surface area contributed by atoms with E-state index in [9.17, 15) is 19.8 Å². The van der Waals surface area contributed by atoms with Crippen molar-refractivity contribution in [2.24, 2.45) is 5.92 Å². The lowest BCUT2D eigenvalue weighted by Crippen LogP contribution is -2.28. The maximum absolute atomic E-state index is 12.6. The molecule has 0 saturated carbocycles. The minimum absolute atomic E-state index is 0.111. The van der Waals surface area contributed by atoms with Crippen LogP contribution in [0.15, 0.2) is 39.9 Å². The highest BCUT2D eigenvalue weighted by molar-refractivity contribution is 7.16. The lowest BCUT2D eigenvalue weighted by molar-refractivity contribution is -0.0498. The van der Waals surface area contributed by atoms with Crippen LogP contribution in [-0.2, 0) is 4.74 Å². The van der Waals surface area contributed by atoms with Crippen LogP contribution in [0.4, 0.5) is 5.95 Å². The van der Waals surface area contributed by atoms with Gasteiger partial charge >= 0.3 is 4.87 Å². The molecule has 142 valence electrons. The minimum atomic E-state index is -0.922. The molecule has 1 saturated heterocycles. The van der Waals surface area contributed by atoms with Gasteiger partial charge in [0.2, 0.25) is 5.95 Å². The lowest BCUT2D eigenvalue weighted by atomic mass is 9.91. The number of fused-ring (bicyclic) bond motifs is 1. The Balaban J connectivity index is 1.83. The first kappa shape index (κ1) is 17.9. The molecule has 0 bridgehead atoms. The predicted octanol–water partition coefficient (Wildman–Crippen LogP) is 0.358. The first-order chi connectivity index (χ1) is 13.0. The third-order valence-electron chi connectivity index (χ3n) is 4.73. The molecule has 0 radical (unpaired) electrons. The smallest absolute Gasteiger partial charge is 0.311 e. The van der Waals surface area contributed by atoms with Crippen LogP contribution >= 0.6 is 11.3 Å². The number of nitrogens with two attached hydrogens (primary N) is 1. The molecule has 5 N–H and O–H groups in total. The van der Waals surface area contributed by atoms with Gasteiger partial charge < -0.3 is 20.7 Å². The van der Waals surface area contributed by atoms with E-state index in [1.807, 2.05) is 6.07 Å². The first-order valence-corrected chi connectivity index (χ1v) is 9.21. The number of aromatic nitrogens is 3. The molecule has 9 nitrogen and oxygen atoms in total. The summed E-state index contributed by atoms with van der Waals surface area (Å²) in [6.45, 7) is -0.249. The van der Waals surface area contributed by atoms with Crippen LogP contribution in [0, 0.1) is 5.92 Å². The van der Waals surface area contributed by atoms with Crippen molar-refractivity contribution in [3.05, 3.63) is 55.9 Å². The number of aromatic amines is 1. The van der Waals surface area contributed by atoms with Gasteiger partial charge in [0.1, 0.15) is 10.9 Å². The Hall–Kier alpha value is -2.53. The number of benzene rings is 1. The third-order valence-corrected chi connectivity index (χ3v) is 5.67. The summed E-state index contributed by atoms with van der Waals surface area (Å²) in [5, 5.41) is 20.4. The highest BCUT2D eigenvalue weighted by atomic mass is 32.1. The molecule has 1 aromatic carbocycles. The van der Waals surface area contributed by atoms with Gasteiger partial charge in [-0.1, -0.05) is 41.7 Å². The SMILES string of the molecule is Nc1nc2c(sc(=O)n2[C@@H]2OC(CO)C[C@H]2C(O)c2ccccc2)c(=O)[nH]1. The van der Waals surface area contributed by atoms with E-state index in [-0.39, 0.29) is 22.9 Å². The second-order valence-corrected chi connectivity index (χ2v) is 7.39. The molecule has 2 unspecified atom stereocenters. The van der Waals surface area contributed by atoms with E-state index in [2.05, 4.69) is 9.97 Å². The van der Waals surface area contributed by atoms with Crippen molar-refractivity contribution in [2.45, 2.75) is 24.9 Å². The van der Waals surface area contributed by atoms with Crippen molar-refractivity contribution in [2.75, 3.05) is 12.3 Å². The van der Waals surface area contributed by atoms with Crippen LogP contribution < -0.4 is 16.2 Å². The molecule has 3 heterocycles. The molecule has 27 heavy (non-hydrogen) atoms. The molecule has 0 amide bonds. The molecule has 10 heteroatoms. The number of hydrogen-bond donors (Lipinski definition) is 4. The zero-order valence-corrected chi connectivity index (χ0v) is 14.9. The summed E-state index contributed by atoms with van der Waals surface area (Å²) in [5.41, 5.74) is 5.91. The monoisotopic (exact) mass is 390 g/mol. The van der Waals surface area contributed by atoms with Crippen molar-refractivity contribution < 1.29 is 14.9 Å². The summed E-state index contributed by atoms with van der Waals surface area (Å²) < 4.78 is 7.23. The standard InChI is InChI=1S/C17H18N4O5S/c18-16-19-13-12(14(24)20-16)27-17(25)21(13)15-10(6-9(7-22)26-15)11(23)8-4-2-1-3-5-8/h1-5,9-11,15,22-23H,6-7H2,(H3,18,19,20,24)/t9?,10-,11?,15+/m0/s1. The molecule has 1 fully saturated rings. The second-order valence-electron chi connectivity index (χ2n) is 6.43. The van der Waals surface area contributed by atoms with Gasteiger partial charge in [-0.3, -0.25) is 19.1 Å². The van der Waals surface area contributed by atoms with E-state index in [0.717, 1.165) is 11.3 Å². The number of nitrogens with zero attached hydrogens (tertiary/aromatic N) is 2. The van der Waals surface area contributed by atoms with Gasteiger partial charge in [0, 0.05) is 5.92 Å². The summed E-state index contributed by atoms with van der Waals surface area (Å²) in [6.07, 6.45) is -2.00. The van der Waals surface area contributed by atoms with Gasteiger partial charge in [-0.05, 0) is 12.0 Å². The van der Waals surface area contributed by atoms with Crippen LogP contribution in [0.25, 0.3) is 10.3 Å². The first-order valence-electron chi connectivity index (χ1n) is 8.39. The normalized spacial score (nSPS) is 23.7. The molecule has 2 aromatic heterocycles. The van der Waals surface area contributed by atoms with E-state index in [4.69, 9.17) is 10.5 Å². The predicted molar refractivity (Wildman–Crippen MR) is 99.4 cm³/mol. The molecule has 4 atom stereocenters. The van der Waals surface area contributed by atoms with Gasteiger partial charge in [0.25, 0.3) is 5.56 Å². The molecule has 3 aromatic rings. The van der Waals surface area contributed by atoms with E-state index >= 15 is 0 Å². The van der Waals surface area contributed by atoms with Gasteiger partial charge in [0.15, 0.2) is 5.65 Å². The Morgan fingerprint density at radius 2 is 2.11 bits per heavy atom. The van der Waals surface area contributed by atoms with Crippen molar-refractivity contribution in [3.63, 3.8) is 0 Å². The zero-order valence-electron chi connectivity index (χ0n) is 14.1. The van der Waals surface area contributed by atoms with Crippen LogP contribution in [0.2, 0.25) is 0 Å². The number of ether oxygens (including phenoxy) is 1. The van der Waals surface area contributed by atoms with Gasteiger partial charge in [-0.15, -0.1) is 0 Å². The van der Waals surface area contributed by atoms with Crippen molar-refractivity contribution in [1.82, 2.24) is 14.5 Å². The molecule has 1 aliphatic heterocycles. The highest BCUT2D eigenvalue weighted by Crippen LogP contribution is 2.42. The third kappa shape index (κ3) is 3.06.